The first-order valence-electron chi connectivity index (χ1n) is 12.8. The van der Waals surface area contributed by atoms with Crippen molar-refractivity contribution < 1.29 is 14.3 Å². The van der Waals surface area contributed by atoms with Gasteiger partial charge < -0.3 is 14.8 Å². The minimum Gasteiger partial charge on any atom is -0.497 e. The maximum absolute atomic E-state index is 13.5. The molecule has 3 aliphatic rings. The topological polar surface area (TPSA) is 63.2 Å². The van der Waals surface area contributed by atoms with Crippen molar-refractivity contribution in [3.05, 3.63) is 65.2 Å². The fourth-order valence-electron chi connectivity index (χ4n) is 5.69. The summed E-state index contributed by atoms with van der Waals surface area (Å²) in [6.07, 6.45) is 11.0. The van der Waals surface area contributed by atoms with Crippen molar-refractivity contribution >= 4 is 17.8 Å². The highest BCUT2D eigenvalue weighted by Crippen LogP contribution is 2.44. The molecule has 0 saturated heterocycles. The average Bonchev–Trinajstić information content (AvgIpc) is 3.31. The molecule has 2 fully saturated rings. The van der Waals surface area contributed by atoms with Crippen LogP contribution in [0.4, 0.5) is 4.79 Å². The van der Waals surface area contributed by atoms with Gasteiger partial charge in [-0.15, -0.1) is 0 Å². The van der Waals surface area contributed by atoms with Gasteiger partial charge in [0.2, 0.25) is 0 Å². The highest BCUT2D eigenvalue weighted by Gasteiger charge is 2.44. The standard InChI is InChI=1S/C29H35N3O3/c1-34-24-15-11-20(12-16-24)19-22-7-6-10-26-27(22)31-32(29(33)30-23-8-4-3-5-9-23)28(26)21-13-17-25(35-2)18-14-21/h11-19,23,26,28H,3-10H2,1-2H3,(H,30,33)/b22-19+/t26-,28-/m0/s1. The molecule has 0 bridgehead atoms. The third-order valence-electron chi connectivity index (χ3n) is 7.56. The minimum absolute atomic E-state index is 0.0802. The fraction of sp³-hybridized carbons (Fsp3) is 0.448. The second-order valence-corrected chi connectivity index (χ2v) is 9.77. The van der Waals surface area contributed by atoms with E-state index in [1.807, 2.05) is 24.3 Å². The second-order valence-electron chi connectivity index (χ2n) is 9.77. The SMILES string of the molecule is COc1ccc(/C=C2\CCC[C@H]3C2=NN(C(=O)NC2CCCCC2)[C@H]3c2ccc(OC)cc2)cc1. The molecule has 35 heavy (non-hydrogen) atoms. The molecule has 2 aromatic rings. The summed E-state index contributed by atoms with van der Waals surface area (Å²) in [6, 6.07) is 16.2. The molecule has 0 aromatic heterocycles. The summed E-state index contributed by atoms with van der Waals surface area (Å²) in [7, 11) is 3.35. The lowest BCUT2D eigenvalue weighted by Crippen LogP contribution is -2.44. The van der Waals surface area contributed by atoms with Crippen LogP contribution in [0.1, 0.15) is 68.5 Å². The zero-order chi connectivity index (χ0) is 24.2. The lowest BCUT2D eigenvalue weighted by atomic mass is 9.77. The number of urea groups is 1. The molecule has 0 unspecified atom stereocenters. The van der Waals surface area contributed by atoms with Crippen molar-refractivity contribution in [3.8, 4) is 11.5 Å². The summed E-state index contributed by atoms with van der Waals surface area (Å²) in [4.78, 5) is 13.5. The first-order valence-corrected chi connectivity index (χ1v) is 12.8. The number of hydrogen-bond acceptors (Lipinski definition) is 4. The number of amides is 2. The summed E-state index contributed by atoms with van der Waals surface area (Å²) >= 11 is 0. The average molecular weight is 474 g/mol. The number of carbonyl (C=O) groups excluding carboxylic acids is 1. The van der Waals surface area contributed by atoms with E-state index in [0.717, 1.165) is 60.4 Å². The van der Waals surface area contributed by atoms with Crippen LogP contribution in [0.5, 0.6) is 11.5 Å². The van der Waals surface area contributed by atoms with Crippen LogP contribution in [0.2, 0.25) is 0 Å². The van der Waals surface area contributed by atoms with Crippen LogP contribution in [0.3, 0.4) is 0 Å². The van der Waals surface area contributed by atoms with Gasteiger partial charge in [0.05, 0.1) is 26.0 Å². The summed E-state index contributed by atoms with van der Waals surface area (Å²) in [5.41, 5.74) is 4.49. The van der Waals surface area contributed by atoms with E-state index < -0.39 is 0 Å². The van der Waals surface area contributed by atoms with E-state index in [4.69, 9.17) is 14.6 Å². The number of nitrogens with zero attached hydrogens (tertiary/aromatic N) is 2. The Morgan fingerprint density at radius 3 is 2.23 bits per heavy atom. The van der Waals surface area contributed by atoms with Crippen molar-refractivity contribution in [2.24, 2.45) is 11.0 Å². The van der Waals surface area contributed by atoms with E-state index >= 15 is 0 Å². The number of ether oxygens (including phenoxy) is 2. The zero-order valence-electron chi connectivity index (χ0n) is 20.7. The second kappa shape index (κ2) is 10.5. The Labute approximate surface area is 208 Å². The van der Waals surface area contributed by atoms with Crippen LogP contribution in [0.25, 0.3) is 6.08 Å². The third kappa shape index (κ3) is 5.07. The van der Waals surface area contributed by atoms with Crippen molar-refractivity contribution in [1.29, 1.82) is 0 Å². The first kappa shape index (κ1) is 23.5. The molecule has 2 aliphatic carbocycles. The van der Waals surface area contributed by atoms with Crippen LogP contribution < -0.4 is 14.8 Å². The van der Waals surface area contributed by atoms with Crippen molar-refractivity contribution in [3.63, 3.8) is 0 Å². The molecule has 6 nitrogen and oxygen atoms in total. The lowest BCUT2D eigenvalue weighted by molar-refractivity contribution is 0.167. The Hall–Kier alpha value is -3.28. The maximum Gasteiger partial charge on any atom is 0.338 e. The van der Waals surface area contributed by atoms with Crippen LogP contribution in [0.15, 0.2) is 59.2 Å². The molecular weight excluding hydrogens is 438 g/mol. The third-order valence-corrected chi connectivity index (χ3v) is 7.56. The fourth-order valence-corrected chi connectivity index (χ4v) is 5.69. The van der Waals surface area contributed by atoms with E-state index in [-0.39, 0.29) is 24.0 Å². The van der Waals surface area contributed by atoms with Crippen LogP contribution in [-0.2, 0) is 0 Å². The van der Waals surface area contributed by atoms with Gasteiger partial charge in [0.1, 0.15) is 11.5 Å². The van der Waals surface area contributed by atoms with Crippen molar-refractivity contribution in [1.82, 2.24) is 10.3 Å². The number of allylic oxidation sites excluding steroid dienone is 1. The van der Waals surface area contributed by atoms with Crippen LogP contribution in [0, 0.1) is 5.92 Å². The first-order chi connectivity index (χ1) is 17.2. The molecular formula is C29H35N3O3. The van der Waals surface area contributed by atoms with Crippen LogP contribution >= 0.6 is 0 Å². The predicted molar refractivity (Wildman–Crippen MR) is 139 cm³/mol. The van der Waals surface area contributed by atoms with Gasteiger partial charge in [-0.3, -0.25) is 0 Å². The van der Waals surface area contributed by atoms with Gasteiger partial charge in [-0.05, 0) is 79.1 Å². The Morgan fingerprint density at radius 2 is 1.57 bits per heavy atom. The molecule has 0 spiro atoms. The summed E-state index contributed by atoms with van der Waals surface area (Å²) in [6.45, 7) is 0. The Kier molecular flexibility index (Phi) is 7.07. The van der Waals surface area contributed by atoms with Gasteiger partial charge in [0, 0.05) is 12.0 Å². The molecule has 2 amide bonds. The van der Waals surface area contributed by atoms with E-state index in [1.165, 1.54) is 24.8 Å². The predicted octanol–water partition coefficient (Wildman–Crippen LogP) is 6.34. The van der Waals surface area contributed by atoms with Crippen LogP contribution in [-0.4, -0.2) is 37.0 Å². The molecule has 6 heteroatoms. The number of methoxy groups -OCH3 is 2. The highest BCUT2D eigenvalue weighted by molar-refractivity contribution is 6.08. The Morgan fingerprint density at radius 1 is 0.914 bits per heavy atom. The molecule has 184 valence electrons. The molecule has 5 rings (SSSR count). The number of fused-ring (bicyclic) bond motifs is 1. The number of hydrazone groups is 1. The van der Waals surface area contributed by atoms with E-state index in [9.17, 15) is 4.79 Å². The summed E-state index contributed by atoms with van der Waals surface area (Å²) in [5.74, 6) is 1.84. The maximum atomic E-state index is 13.5. The van der Waals surface area contributed by atoms with Gasteiger partial charge >= 0.3 is 6.03 Å². The highest BCUT2D eigenvalue weighted by atomic mass is 16.5. The monoisotopic (exact) mass is 473 g/mol. The molecule has 2 atom stereocenters. The van der Waals surface area contributed by atoms with Gasteiger partial charge in [-0.1, -0.05) is 43.5 Å². The number of hydrogen-bond donors (Lipinski definition) is 1. The van der Waals surface area contributed by atoms with Crippen molar-refractivity contribution in [2.45, 2.75) is 63.5 Å². The summed E-state index contributed by atoms with van der Waals surface area (Å²) in [5, 5.41) is 10.0. The van der Waals surface area contributed by atoms with E-state index in [2.05, 4.69) is 35.7 Å². The number of nitrogens with one attached hydrogen (secondary N) is 1. The molecule has 2 aromatic carbocycles. The van der Waals surface area contributed by atoms with Gasteiger partial charge in [-0.2, -0.15) is 5.10 Å². The summed E-state index contributed by atoms with van der Waals surface area (Å²) < 4.78 is 10.7. The quantitative estimate of drug-likeness (QED) is 0.551. The molecule has 2 saturated carbocycles. The molecule has 0 radical (unpaired) electrons. The molecule has 1 aliphatic heterocycles. The van der Waals surface area contributed by atoms with Gasteiger partial charge in [0.15, 0.2) is 0 Å². The zero-order valence-corrected chi connectivity index (χ0v) is 20.7. The molecule has 1 heterocycles. The smallest absolute Gasteiger partial charge is 0.338 e. The molecule has 1 N–H and O–H groups in total. The van der Waals surface area contributed by atoms with Gasteiger partial charge in [0.25, 0.3) is 0 Å². The van der Waals surface area contributed by atoms with Crippen molar-refractivity contribution in [2.75, 3.05) is 14.2 Å². The largest absolute Gasteiger partial charge is 0.497 e. The lowest BCUT2D eigenvalue weighted by Gasteiger charge is -2.31. The van der Waals surface area contributed by atoms with E-state index in [0.29, 0.717) is 0 Å². The number of rotatable bonds is 5. The van der Waals surface area contributed by atoms with Gasteiger partial charge in [-0.25, -0.2) is 9.80 Å². The number of benzene rings is 2. The number of carbonyl (C=O) groups is 1. The normalized spacial score (nSPS) is 23.5. The Bertz CT molecular complexity index is 1090. The Balaban J connectivity index is 1.47. The minimum atomic E-state index is -0.112. The van der Waals surface area contributed by atoms with E-state index in [1.54, 1.807) is 19.2 Å².